The van der Waals surface area contributed by atoms with E-state index in [1.165, 1.54) is 10.4 Å². The second-order valence-corrected chi connectivity index (χ2v) is 12.4. The number of nitrogens with zero attached hydrogens (tertiary/aromatic N) is 2. The molecule has 2 aliphatic heterocycles. The van der Waals surface area contributed by atoms with Crippen molar-refractivity contribution < 1.29 is 19.1 Å². The molecule has 3 amide bonds. The third-order valence-electron chi connectivity index (χ3n) is 6.91. The first-order valence-electron chi connectivity index (χ1n) is 13.4. The van der Waals surface area contributed by atoms with E-state index >= 15 is 0 Å². The number of carbonyl (C=O) groups excluding carboxylic acids is 2. The SMILES string of the molecule is CC(C)c1ccc(OC[C@H]2c3ccsc3CCN2C(=O)CN(C[C@@H]2CCCO2)C(=O)NC(C)(C)C)cc1. The lowest BCUT2D eigenvalue weighted by atomic mass is 10.00. The van der Waals surface area contributed by atoms with Gasteiger partial charge >= 0.3 is 6.03 Å². The Bertz CT molecular complexity index is 1050. The van der Waals surface area contributed by atoms with Crippen molar-refractivity contribution in [1.29, 1.82) is 0 Å². The molecule has 0 aliphatic carbocycles. The molecule has 37 heavy (non-hydrogen) atoms. The minimum atomic E-state index is -0.396. The molecular formula is C29H41N3O4S. The van der Waals surface area contributed by atoms with Crippen LogP contribution < -0.4 is 10.1 Å². The van der Waals surface area contributed by atoms with Crippen LogP contribution >= 0.6 is 11.3 Å². The van der Waals surface area contributed by atoms with Crippen LogP contribution in [0.1, 0.15) is 75.4 Å². The molecule has 1 aromatic carbocycles. The normalized spacial score (nSPS) is 19.6. The Morgan fingerprint density at radius 2 is 1.97 bits per heavy atom. The lowest BCUT2D eigenvalue weighted by Crippen LogP contribution is -2.54. The van der Waals surface area contributed by atoms with Crippen LogP contribution in [0.25, 0.3) is 0 Å². The van der Waals surface area contributed by atoms with E-state index in [4.69, 9.17) is 9.47 Å². The molecular weight excluding hydrogens is 486 g/mol. The summed E-state index contributed by atoms with van der Waals surface area (Å²) >= 11 is 1.73. The summed E-state index contributed by atoms with van der Waals surface area (Å²) in [6, 6.07) is 9.86. The maximum absolute atomic E-state index is 13.7. The van der Waals surface area contributed by atoms with Crippen molar-refractivity contribution in [2.75, 3.05) is 32.8 Å². The molecule has 0 bridgehead atoms. The minimum Gasteiger partial charge on any atom is -0.491 e. The summed E-state index contributed by atoms with van der Waals surface area (Å²) in [6.07, 6.45) is 2.67. The molecule has 1 N–H and O–H groups in total. The van der Waals surface area contributed by atoms with Gasteiger partial charge in [-0.3, -0.25) is 4.79 Å². The zero-order valence-electron chi connectivity index (χ0n) is 22.8. The second kappa shape index (κ2) is 11.9. The van der Waals surface area contributed by atoms with Crippen molar-refractivity contribution in [2.45, 2.75) is 77.5 Å². The van der Waals surface area contributed by atoms with E-state index < -0.39 is 5.54 Å². The minimum absolute atomic E-state index is 0.0147. The van der Waals surface area contributed by atoms with Crippen LogP contribution in [-0.4, -0.2) is 66.2 Å². The lowest BCUT2D eigenvalue weighted by molar-refractivity contribution is -0.135. The van der Waals surface area contributed by atoms with Crippen LogP contribution in [0.5, 0.6) is 5.75 Å². The molecule has 0 radical (unpaired) electrons. The second-order valence-electron chi connectivity index (χ2n) is 11.4. The predicted octanol–water partition coefficient (Wildman–Crippen LogP) is 5.37. The van der Waals surface area contributed by atoms with Crippen molar-refractivity contribution in [3.8, 4) is 5.75 Å². The fourth-order valence-corrected chi connectivity index (χ4v) is 5.83. The number of nitrogens with one attached hydrogen (secondary N) is 1. The van der Waals surface area contributed by atoms with E-state index in [0.29, 0.717) is 32.2 Å². The van der Waals surface area contributed by atoms with E-state index in [0.717, 1.165) is 30.6 Å². The third kappa shape index (κ3) is 7.26. The summed E-state index contributed by atoms with van der Waals surface area (Å²) in [5.74, 6) is 1.19. The van der Waals surface area contributed by atoms with Gasteiger partial charge in [-0.05, 0) is 80.7 Å². The number of thiophene rings is 1. The number of urea groups is 1. The largest absolute Gasteiger partial charge is 0.491 e. The maximum atomic E-state index is 13.7. The summed E-state index contributed by atoms with van der Waals surface area (Å²) in [5, 5.41) is 5.11. The van der Waals surface area contributed by atoms with Crippen molar-refractivity contribution in [3.63, 3.8) is 0 Å². The number of amides is 3. The Morgan fingerprint density at radius 3 is 2.62 bits per heavy atom. The van der Waals surface area contributed by atoms with E-state index in [-0.39, 0.29) is 30.6 Å². The first-order chi connectivity index (χ1) is 17.6. The van der Waals surface area contributed by atoms with E-state index in [1.807, 2.05) is 37.8 Å². The van der Waals surface area contributed by atoms with Gasteiger partial charge in [0.05, 0.1) is 12.1 Å². The molecule has 2 aromatic rings. The Kier molecular flexibility index (Phi) is 8.80. The molecule has 1 aromatic heterocycles. The van der Waals surface area contributed by atoms with Gasteiger partial charge in [-0.25, -0.2) is 4.79 Å². The van der Waals surface area contributed by atoms with Gasteiger partial charge in [0, 0.05) is 30.1 Å². The third-order valence-corrected chi connectivity index (χ3v) is 7.91. The van der Waals surface area contributed by atoms with E-state index in [1.54, 1.807) is 16.2 Å². The molecule has 2 atom stereocenters. The fourth-order valence-electron chi connectivity index (χ4n) is 4.91. The van der Waals surface area contributed by atoms with Crippen LogP contribution in [0, 0.1) is 0 Å². The maximum Gasteiger partial charge on any atom is 0.318 e. The van der Waals surface area contributed by atoms with E-state index in [2.05, 4.69) is 42.7 Å². The molecule has 1 fully saturated rings. The quantitative estimate of drug-likeness (QED) is 0.501. The number of benzene rings is 1. The van der Waals surface area contributed by atoms with Crippen LogP contribution in [0.3, 0.4) is 0 Å². The lowest BCUT2D eigenvalue weighted by Gasteiger charge is -2.37. The average molecular weight is 528 g/mol. The molecule has 0 spiro atoms. The van der Waals surface area contributed by atoms with Crippen molar-refractivity contribution in [2.24, 2.45) is 0 Å². The van der Waals surface area contributed by atoms with Gasteiger partial charge in [-0.15, -0.1) is 11.3 Å². The van der Waals surface area contributed by atoms with Gasteiger partial charge in [-0.2, -0.15) is 0 Å². The Labute approximate surface area is 225 Å². The molecule has 3 heterocycles. The highest BCUT2D eigenvalue weighted by Crippen LogP contribution is 2.34. The molecule has 2 aliphatic rings. The van der Waals surface area contributed by atoms with Gasteiger partial charge < -0.3 is 24.6 Å². The number of hydrogen-bond acceptors (Lipinski definition) is 5. The Balaban J connectivity index is 1.48. The molecule has 202 valence electrons. The smallest absolute Gasteiger partial charge is 0.318 e. The summed E-state index contributed by atoms with van der Waals surface area (Å²) < 4.78 is 12.0. The van der Waals surface area contributed by atoms with Crippen molar-refractivity contribution in [1.82, 2.24) is 15.1 Å². The summed E-state index contributed by atoms with van der Waals surface area (Å²) in [7, 11) is 0. The zero-order valence-corrected chi connectivity index (χ0v) is 23.6. The van der Waals surface area contributed by atoms with Crippen LogP contribution in [0.2, 0.25) is 0 Å². The van der Waals surface area contributed by atoms with Crippen molar-refractivity contribution >= 4 is 23.3 Å². The summed E-state index contributed by atoms with van der Waals surface area (Å²) in [5.41, 5.74) is 2.02. The fraction of sp³-hybridized carbons (Fsp3) is 0.586. The zero-order chi connectivity index (χ0) is 26.6. The first-order valence-corrected chi connectivity index (χ1v) is 14.3. The first kappa shape index (κ1) is 27.5. The van der Waals surface area contributed by atoms with E-state index in [9.17, 15) is 9.59 Å². The summed E-state index contributed by atoms with van der Waals surface area (Å²) in [4.78, 5) is 31.7. The van der Waals surface area contributed by atoms with Crippen LogP contribution in [0.15, 0.2) is 35.7 Å². The van der Waals surface area contributed by atoms with Crippen LogP contribution in [0.4, 0.5) is 4.79 Å². The molecule has 7 nitrogen and oxygen atoms in total. The molecule has 1 saturated heterocycles. The molecule has 4 rings (SSSR count). The highest BCUT2D eigenvalue weighted by Gasteiger charge is 2.35. The molecule has 0 saturated carbocycles. The highest BCUT2D eigenvalue weighted by molar-refractivity contribution is 7.10. The topological polar surface area (TPSA) is 71.1 Å². The molecule has 0 unspecified atom stereocenters. The van der Waals surface area contributed by atoms with Gasteiger partial charge in [0.2, 0.25) is 5.91 Å². The Morgan fingerprint density at radius 1 is 1.22 bits per heavy atom. The molecule has 8 heteroatoms. The predicted molar refractivity (Wildman–Crippen MR) is 147 cm³/mol. The number of hydrogen-bond donors (Lipinski definition) is 1. The van der Waals surface area contributed by atoms with Crippen LogP contribution in [-0.2, 0) is 16.0 Å². The van der Waals surface area contributed by atoms with Gasteiger partial charge in [0.15, 0.2) is 0 Å². The highest BCUT2D eigenvalue weighted by atomic mass is 32.1. The Hall–Kier alpha value is -2.58. The number of ether oxygens (including phenoxy) is 2. The standard InChI is InChI=1S/C29H41N3O4S/c1-20(2)21-8-10-22(11-9-21)36-19-25-24-13-16-37-26(24)12-14-32(25)27(33)18-31(17-23-7-6-15-35-23)28(34)30-29(3,4)5/h8-11,13,16,20,23,25H,6-7,12,14-15,17-19H2,1-5H3,(H,30,34)/t23-,25-/m0/s1. The van der Waals surface area contributed by atoms with Crippen molar-refractivity contribution in [3.05, 3.63) is 51.7 Å². The monoisotopic (exact) mass is 527 g/mol. The number of carbonyl (C=O) groups is 2. The average Bonchev–Trinajstić information content (AvgIpc) is 3.53. The van der Waals surface area contributed by atoms with Gasteiger partial charge in [0.25, 0.3) is 0 Å². The number of fused-ring (bicyclic) bond motifs is 1. The van der Waals surface area contributed by atoms with Gasteiger partial charge in [0.1, 0.15) is 18.9 Å². The van der Waals surface area contributed by atoms with Gasteiger partial charge in [-0.1, -0.05) is 26.0 Å². The summed E-state index contributed by atoms with van der Waals surface area (Å²) in [6.45, 7) is 12.3. The number of rotatable bonds is 8.